The van der Waals surface area contributed by atoms with E-state index < -0.39 is 0 Å². The minimum absolute atomic E-state index is 0.00863. The average molecular weight is 356 g/mol. The van der Waals surface area contributed by atoms with E-state index in [0.29, 0.717) is 13.0 Å². The zero-order valence-corrected chi connectivity index (χ0v) is 15.8. The molecule has 2 atom stereocenters. The van der Waals surface area contributed by atoms with Gasteiger partial charge in [0.1, 0.15) is 0 Å². The van der Waals surface area contributed by atoms with Crippen LogP contribution in [0.4, 0.5) is 5.69 Å². The van der Waals surface area contributed by atoms with Gasteiger partial charge in [-0.15, -0.1) is 0 Å². The van der Waals surface area contributed by atoms with Gasteiger partial charge in [0.15, 0.2) is 0 Å². The Kier molecular flexibility index (Phi) is 6.06. The fourth-order valence-corrected chi connectivity index (χ4v) is 3.45. The van der Waals surface area contributed by atoms with Crippen molar-refractivity contribution in [3.8, 4) is 0 Å². The Balaban J connectivity index is 1.58. The third-order valence-corrected chi connectivity index (χ3v) is 4.51. The van der Waals surface area contributed by atoms with Crippen molar-refractivity contribution in [1.29, 1.82) is 0 Å². The van der Waals surface area contributed by atoms with Crippen molar-refractivity contribution in [2.45, 2.75) is 52.5 Å². The van der Waals surface area contributed by atoms with E-state index in [9.17, 15) is 4.79 Å². The largest absolute Gasteiger partial charge is 0.373 e. The highest BCUT2D eigenvalue weighted by Gasteiger charge is 2.22. The number of para-hydroxylation sites is 1. The van der Waals surface area contributed by atoms with Gasteiger partial charge in [-0.2, -0.15) is 5.10 Å². The van der Waals surface area contributed by atoms with Gasteiger partial charge in [-0.05, 0) is 38.0 Å². The van der Waals surface area contributed by atoms with Crippen LogP contribution in [0, 0.1) is 6.92 Å². The molecular weight excluding hydrogens is 328 g/mol. The maximum atomic E-state index is 12.4. The molecule has 26 heavy (non-hydrogen) atoms. The van der Waals surface area contributed by atoms with Crippen LogP contribution in [0.25, 0.3) is 0 Å². The first kappa shape index (κ1) is 18.6. The molecule has 1 aliphatic heterocycles. The summed E-state index contributed by atoms with van der Waals surface area (Å²) in [6.07, 6.45) is 4.62. The molecule has 1 aliphatic rings. The molecule has 1 N–H and O–H groups in total. The first-order valence-corrected chi connectivity index (χ1v) is 9.24. The number of nitrogens with one attached hydrogen (secondary N) is 1. The fraction of sp³-hybridized carbons (Fsp3) is 0.500. The zero-order valence-electron chi connectivity index (χ0n) is 15.8. The number of morpholine rings is 1. The fourth-order valence-electron chi connectivity index (χ4n) is 3.45. The Labute approximate surface area is 155 Å². The van der Waals surface area contributed by atoms with Crippen LogP contribution in [-0.4, -0.2) is 45.9 Å². The molecule has 3 rings (SSSR count). The maximum Gasteiger partial charge on any atom is 0.226 e. The summed E-state index contributed by atoms with van der Waals surface area (Å²) in [5, 5.41) is 7.28. The summed E-state index contributed by atoms with van der Waals surface area (Å²) in [7, 11) is 0. The smallest absolute Gasteiger partial charge is 0.226 e. The third kappa shape index (κ3) is 5.16. The predicted octanol–water partition coefficient (Wildman–Crippen LogP) is 2.83. The molecule has 1 saturated heterocycles. The molecule has 2 unspecified atom stereocenters. The Morgan fingerprint density at radius 1 is 1.27 bits per heavy atom. The molecule has 0 radical (unpaired) electrons. The lowest BCUT2D eigenvalue weighted by Crippen LogP contribution is -2.44. The lowest BCUT2D eigenvalue weighted by molar-refractivity contribution is -0.116. The summed E-state index contributed by atoms with van der Waals surface area (Å²) in [6, 6.07) is 8.03. The van der Waals surface area contributed by atoms with E-state index in [1.54, 1.807) is 10.9 Å². The lowest BCUT2D eigenvalue weighted by Gasteiger charge is -2.35. The van der Waals surface area contributed by atoms with Gasteiger partial charge in [-0.1, -0.05) is 18.2 Å². The molecule has 0 saturated carbocycles. The van der Waals surface area contributed by atoms with Crippen LogP contribution in [-0.2, 0) is 22.6 Å². The number of hydrogen-bond acceptors (Lipinski definition) is 4. The number of rotatable bonds is 6. The Bertz CT molecular complexity index is 733. The summed E-state index contributed by atoms with van der Waals surface area (Å²) >= 11 is 0. The van der Waals surface area contributed by atoms with Gasteiger partial charge in [-0.3, -0.25) is 14.4 Å². The highest BCUT2D eigenvalue weighted by molar-refractivity contribution is 5.91. The summed E-state index contributed by atoms with van der Waals surface area (Å²) in [6.45, 7) is 9.41. The minimum atomic E-state index is 0.00863. The molecule has 2 heterocycles. The van der Waals surface area contributed by atoms with Gasteiger partial charge >= 0.3 is 0 Å². The van der Waals surface area contributed by atoms with Crippen molar-refractivity contribution >= 4 is 11.6 Å². The van der Waals surface area contributed by atoms with E-state index in [4.69, 9.17) is 4.74 Å². The average Bonchev–Trinajstić information content (AvgIpc) is 2.99. The first-order valence-electron chi connectivity index (χ1n) is 9.24. The standard InChI is InChI=1S/C20H28N4O2/c1-15-10-21-24(11-15)9-8-20(25)22-19-7-5-4-6-18(19)14-23-12-16(2)26-17(3)13-23/h4-7,10-11,16-17H,8-9,12-14H2,1-3H3,(H,22,25). The van der Waals surface area contributed by atoms with Crippen LogP contribution < -0.4 is 5.32 Å². The lowest BCUT2D eigenvalue weighted by atomic mass is 10.1. The number of hydrogen-bond donors (Lipinski definition) is 1. The van der Waals surface area contributed by atoms with E-state index in [1.807, 2.05) is 31.3 Å². The number of nitrogens with zero attached hydrogens (tertiary/aromatic N) is 3. The molecule has 0 spiro atoms. The van der Waals surface area contributed by atoms with Crippen LogP contribution in [0.2, 0.25) is 0 Å². The van der Waals surface area contributed by atoms with Gasteiger partial charge < -0.3 is 10.1 Å². The van der Waals surface area contributed by atoms with E-state index in [1.165, 1.54) is 0 Å². The second kappa shape index (κ2) is 8.47. The van der Waals surface area contributed by atoms with Gasteiger partial charge in [0.05, 0.1) is 18.4 Å². The van der Waals surface area contributed by atoms with Crippen molar-refractivity contribution in [1.82, 2.24) is 14.7 Å². The van der Waals surface area contributed by atoms with Crippen LogP contribution in [0.15, 0.2) is 36.7 Å². The highest BCUT2D eigenvalue weighted by atomic mass is 16.5. The maximum absolute atomic E-state index is 12.4. The van der Waals surface area contributed by atoms with Crippen LogP contribution in [0.3, 0.4) is 0 Å². The third-order valence-electron chi connectivity index (χ3n) is 4.51. The van der Waals surface area contributed by atoms with Crippen molar-refractivity contribution in [3.05, 3.63) is 47.8 Å². The molecule has 2 aromatic rings. The molecule has 1 amide bonds. The van der Waals surface area contributed by atoms with Gasteiger partial charge in [0.25, 0.3) is 0 Å². The van der Waals surface area contributed by atoms with Gasteiger partial charge in [0, 0.05) is 44.5 Å². The van der Waals surface area contributed by atoms with Crippen molar-refractivity contribution < 1.29 is 9.53 Å². The molecule has 1 aromatic carbocycles. The summed E-state index contributed by atoms with van der Waals surface area (Å²) in [4.78, 5) is 14.7. The monoisotopic (exact) mass is 356 g/mol. The first-order chi connectivity index (χ1) is 12.5. The number of aryl methyl sites for hydroxylation is 2. The van der Waals surface area contributed by atoms with E-state index in [0.717, 1.165) is 36.4 Å². The summed E-state index contributed by atoms with van der Waals surface area (Å²) in [5.74, 6) is 0.00863. The van der Waals surface area contributed by atoms with Crippen molar-refractivity contribution in [2.75, 3.05) is 18.4 Å². The Hall–Kier alpha value is -2.18. The van der Waals surface area contributed by atoms with Gasteiger partial charge in [-0.25, -0.2) is 0 Å². The normalized spacial score (nSPS) is 20.9. The van der Waals surface area contributed by atoms with Crippen molar-refractivity contribution in [2.24, 2.45) is 0 Å². The Morgan fingerprint density at radius 2 is 2.00 bits per heavy atom. The number of aromatic nitrogens is 2. The summed E-state index contributed by atoms with van der Waals surface area (Å²) in [5.41, 5.74) is 3.13. The number of benzene rings is 1. The quantitative estimate of drug-likeness (QED) is 0.865. The van der Waals surface area contributed by atoms with E-state index >= 15 is 0 Å². The molecule has 140 valence electrons. The van der Waals surface area contributed by atoms with Crippen LogP contribution >= 0.6 is 0 Å². The second-order valence-electron chi connectivity index (χ2n) is 7.19. The minimum Gasteiger partial charge on any atom is -0.373 e. The molecule has 6 nitrogen and oxygen atoms in total. The van der Waals surface area contributed by atoms with Crippen LogP contribution in [0.1, 0.15) is 31.4 Å². The number of ether oxygens (including phenoxy) is 1. The second-order valence-corrected chi connectivity index (χ2v) is 7.19. The number of amides is 1. The summed E-state index contributed by atoms with van der Waals surface area (Å²) < 4.78 is 7.61. The molecule has 1 aromatic heterocycles. The molecule has 1 fully saturated rings. The zero-order chi connectivity index (χ0) is 18.5. The van der Waals surface area contributed by atoms with Crippen LogP contribution in [0.5, 0.6) is 0 Å². The SMILES string of the molecule is Cc1cnn(CCC(=O)Nc2ccccc2CN2CC(C)OC(C)C2)c1. The molecular formula is C20H28N4O2. The number of carbonyl (C=O) groups is 1. The van der Waals surface area contributed by atoms with Crippen molar-refractivity contribution in [3.63, 3.8) is 0 Å². The highest BCUT2D eigenvalue weighted by Crippen LogP contribution is 2.20. The molecule has 0 aliphatic carbocycles. The molecule has 6 heteroatoms. The topological polar surface area (TPSA) is 59.4 Å². The van der Waals surface area contributed by atoms with E-state index in [2.05, 4.69) is 35.2 Å². The predicted molar refractivity (Wildman–Crippen MR) is 102 cm³/mol. The van der Waals surface area contributed by atoms with Gasteiger partial charge in [0.2, 0.25) is 5.91 Å². The Morgan fingerprint density at radius 3 is 2.69 bits per heavy atom. The van der Waals surface area contributed by atoms with E-state index in [-0.39, 0.29) is 18.1 Å². The number of carbonyl (C=O) groups excluding carboxylic acids is 1. The molecule has 0 bridgehead atoms. The number of anilines is 1.